The van der Waals surface area contributed by atoms with E-state index in [1.165, 1.54) is 6.07 Å². The number of nitrogens with one attached hydrogen (secondary N) is 1. The van der Waals surface area contributed by atoms with Crippen molar-refractivity contribution in [1.29, 1.82) is 0 Å². The Labute approximate surface area is 155 Å². The quantitative estimate of drug-likeness (QED) is 0.692. The zero-order chi connectivity index (χ0) is 17.6. The second-order valence-electron chi connectivity index (χ2n) is 6.41. The van der Waals surface area contributed by atoms with Crippen molar-refractivity contribution in [2.24, 2.45) is 5.92 Å². The first kappa shape index (κ1) is 16.5. The van der Waals surface area contributed by atoms with Crippen LogP contribution in [0.5, 0.6) is 11.5 Å². The maximum atomic E-state index is 14.6. The summed E-state index contributed by atoms with van der Waals surface area (Å²) in [6.07, 6.45) is 5.32. The number of hydrogen-bond donors (Lipinski definition) is 1. The zero-order valence-corrected chi connectivity index (χ0v) is 15.6. The van der Waals surface area contributed by atoms with Gasteiger partial charge in [0, 0.05) is 16.0 Å². The van der Waals surface area contributed by atoms with Gasteiger partial charge in [0.2, 0.25) is 0 Å². The van der Waals surface area contributed by atoms with Crippen LogP contribution in [-0.2, 0) is 0 Å². The summed E-state index contributed by atoms with van der Waals surface area (Å²) >= 11 is 3.41. The highest BCUT2D eigenvalue weighted by Gasteiger charge is 2.40. The van der Waals surface area contributed by atoms with E-state index in [-0.39, 0.29) is 17.8 Å². The van der Waals surface area contributed by atoms with Gasteiger partial charge in [-0.15, -0.1) is 0 Å². The first-order chi connectivity index (χ1) is 12.1. The van der Waals surface area contributed by atoms with E-state index in [4.69, 9.17) is 9.47 Å². The first-order valence-electron chi connectivity index (χ1n) is 8.27. The number of halogens is 2. The molecule has 3 nitrogen and oxygen atoms in total. The minimum atomic E-state index is -0.241. The van der Waals surface area contributed by atoms with Crippen LogP contribution in [0.3, 0.4) is 0 Å². The topological polar surface area (TPSA) is 30.5 Å². The molecule has 1 aliphatic carbocycles. The third kappa shape index (κ3) is 2.61. The summed E-state index contributed by atoms with van der Waals surface area (Å²) in [4.78, 5) is 0. The van der Waals surface area contributed by atoms with Gasteiger partial charge in [0.1, 0.15) is 5.82 Å². The smallest absolute Gasteiger partial charge is 0.165 e. The molecule has 0 aromatic heterocycles. The molecule has 2 aromatic carbocycles. The Morgan fingerprint density at radius 1 is 1.16 bits per heavy atom. The number of methoxy groups -OCH3 is 2. The van der Waals surface area contributed by atoms with Gasteiger partial charge in [-0.3, -0.25) is 0 Å². The lowest BCUT2D eigenvalue weighted by molar-refractivity contribution is 0.340. The number of ether oxygens (including phenoxy) is 2. The Bertz CT molecular complexity index is 852. The van der Waals surface area contributed by atoms with Gasteiger partial charge in [-0.2, -0.15) is 0 Å². The summed E-state index contributed by atoms with van der Waals surface area (Å²) in [6.45, 7) is 0. The Morgan fingerprint density at radius 3 is 2.76 bits per heavy atom. The summed E-state index contributed by atoms with van der Waals surface area (Å²) in [5.41, 5.74) is 2.57. The highest BCUT2D eigenvalue weighted by atomic mass is 79.9. The first-order valence-corrected chi connectivity index (χ1v) is 9.06. The fraction of sp³-hybridized carbons (Fsp3) is 0.300. The molecular formula is C20H19BrFNO2. The number of rotatable bonds is 3. The van der Waals surface area contributed by atoms with E-state index < -0.39 is 0 Å². The van der Waals surface area contributed by atoms with Crippen LogP contribution < -0.4 is 14.8 Å². The third-order valence-electron chi connectivity index (χ3n) is 5.15. The van der Waals surface area contributed by atoms with Crippen molar-refractivity contribution in [3.8, 4) is 11.5 Å². The van der Waals surface area contributed by atoms with Gasteiger partial charge in [0.05, 0.1) is 25.9 Å². The zero-order valence-electron chi connectivity index (χ0n) is 14.1. The normalized spacial score (nSPS) is 23.6. The predicted octanol–water partition coefficient (Wildman–Crippen LogP) is 5.43. The molecule has 130 valence electrons. The van der Waals surface area contributed by atoms with Crippen molar-refractivity contribution >= 4 is 21.6 Å². The van der Waals surface area contributed by atoms with Gasteiger partial charge in [-0.1, -0.05) is 40.2 Å². The summed E-state index contributed by atoms with van der Waals surface area (Å²) in [5, 5.41) is 3.43. The lowest BCUT2D eigenvalue weighted by Crippen LogP contribution is -2.30. The van der Waals surface area contributed by atoms with Crippen molar-refractivity contribution < 1.29 is 13.9 Å². The van der Waals surface area contributed by atoms with Crippen LogP contribution in [0, 0.1) is 11.7 Å². The van der Waals surface area contributed by atoms with Crippen LogP contribution in [0.1, 0.15) is 29.5 Å². The number of allylic oxidation sites excluding steroid dienone is 2. The SMILES string of the molecule is COc1cccc([C@H]2Nc3c(F)cc(Br)cc3C3C=CCC32)c1OC. The maximum Gasteiger partial charge on any atom is 0.165 e. The molecule has 1 heterocycles. The standard InChI is InChI=1S/C20H19BrFNO2/c1-24-17-8-4-7-14(20(17)25-2)18-13-6-3-5-12(13)15-9-11(21)10-16(22)19(15)23-18/h3-5,7-10,12-13,18,23H,6H2,1-2H3/t12?,13?,18-/m0/s1. The van der Waals surface area contributed by atoms with Gasteiger partial charge in [-0.25, -0.2) is 4.39 Å². The molecule has 3 atom stereocenters. The summed E-state index contributed by atoms with van der Waals surface area (Å²) in [7, 11) is 3.27. The van der Waals surface area contributed by atoms with Crippen molar-refractivity contribution in [2.45, 2.75) is 18.4 Å². The van der Waals surface area contributed by atoms with Gasteiger partial charge < -0.3 is 14.8 Å². The molecule has 0 saturated carbocycles. The monoisotopic (exact) mass is 403 g/mol. The van der Waals surface area contributed by atoms with Gasteiger partial charge in [-0.05, 0) is 36.1 Å². The fourth-order valence-electron chi connectivity index (χ4n) is 4.09. The number of hydrogen-bond acceptors (Lipinski definition) is 3. The van der Waals surface area contributed by atoms with E-state index >= 15 is 0 Å². The van der Waals surface area contributed by atoms with Crippen molar-refractivity contribution in [3.63, 3.8) is 0 Å². The maximum absolute atomic E-state index is 14.6. The Hall–Kier alpha value is -2.01. The molecule has 0 radical (unpaired) electrons. The second kappa shape index (κ2) is 6.37. The molecule has 0 fully saturated rings. The minimum absolute atomic E-state index is 0.0479. The highest BCUT2D eigenvalue weighted by molar-refractivity contribution is 9.10. The molecule has 1 aliphatic heterocycles. The summed E-state index contributed by atoms with van der Waals surface area (Å²) < 4.78 is 26.5. The molecular weight excluding hydrogens is 385 g/mol. The molecule has 0 bridgehead atoms. The lowest BCUT2D eigenvalue weighted by atomic mass is 9.76. The van der Waals surface area contributed by atoms with Crippen LogP contribution in [0.2, 0.25) is 0 Å². The number of anilines is 1. The Balaban J connectivity index is 1.85. The van der Waals surface area contributed by atoms with Crippen molar-refractivity contribution in [3.05, 3.63) is 63.9 Å². The van der Waals surface area contributed by atoms with E-state index in [1.54, 1.807) is 14.2 Å². The van der Waals surface area contributed by atoms with Gasteiger partial charge in [0.25, 0.3) is 0 Å². The van der Waals surface area contributed by atoms with Crippen LogP contribution in [0.15, 0.2) is 47.0 Å². The van der Waals surface area contributed by atoms with Crippen LogP contribution in [0.4, 0.5) is 10.1 Å². The van der Waals surface area contributed by atoms with Crippen LogP contribution in [-0.4, -0.2) is 14.2 Å². The van der Waals surface area contributed by atoms with E-state index in [0.717, 1.165) is 22.0 Å². The highest BCUT2D eigenvalue weighted by Crippen LogP contribution is 2.53. The minimum Gasteiger partial charge on any atom is -0.493 e. The fourth-order valence-corrected chi connectivity index (χ4v) is 4.53. The largest absolute Gasteiger partial charge is 0.493 e. The van der Waals surface area contributed by atoms with Crippen LogP contribution >= 0.6 is 15.9 Å². The Kier molecular flexibility index (Phi) is 4.20. The molecule has 5 heteroatoms. The van der Waals surface area contributed by atoms with E-state index in [1.807, 2.05) is 24.3 Å². The average Bonchev–Trinajstić information content (AvgIpc) is 3.10. The molecule has 25 heavy (non-hydrogen) atoms. The number of benzene rings is 2. The van der Waals surface area contributed by atoms with Crippen molar-refractivity contribution in [2.75, 3.05) is 19.5 Å². The van der Waals surface area contributed by atoms with Crippen molar-refractivity contribution in [1.82, 2.24) is 0 Å². The Morgan fingerprint density at radius 2 is 2.00 bits per heavy atom. The molecule has 0 spiro atoms. The molecule has 0 amide bonds. The third-order valence-corrected chi connectivity index (χ3v) is 5.61. The predicted molar refractivity (Wildman–Crippen MR) is 100.0 cm³/mol. The van der Waals surface area contributed by atoms with Crippen LogP contribution in [0.25, 0.3) is 0 Å². The van der Waals surface area contributed by atoms with E-state index in [0.29, 0.717) is 23.1 Å². The van der Waals surface area contributed by atoms with E-state index in [9.17, 15) is 4.39 Å². The molecule has 0 saturated heterocycles. The second-order valence-corrected chi connectivity index (χ2v) is 7.33. The molecule has 2 aromatic rings. The number of fused-ring (bicyclic) bond motifs is 3. The number of para-hydroxylation sites is 1. The lowest BCUT2D eigenvalue weighted by Gasteiger charge is -2.38. The van der Waals surface area contributed by atoms with Gasteiger partial charge >= 0.3 is 0 Å². The molecule has 4 rings (SSSR count). The molecule has 1 N–H and O–H groups in total. The van der Waals surface area contributed by atoms with Gasteiger partial charge in [0.15, 0.2) is 11.5 Å². The average molecular weight is 404 g/mol. The van der Waals surface area contributed by atoms with E-state index in [2.05, 4.69) is 33.4 Å². The summed E-state index contributed by atoms with van der Waals surface area (Å²) in [6, 6.07) is 9.32. The molecule has 2 unspecified atom stereocenters. The molecule has 2 aliphatic rings. The summed E-state index contributed by atoms with van der Waals surface area (Å²) in [5.74, 6) is 1.64.